The molecule has 0 radical (unpaired) electrons. The molecule has 3 rings (SSSR count). The Morgan fingerprint density at radius 3 is 2.25 bits per heavy atom. The minimum Gasteiger partial charge on any atom is -0.545 e. The molecule has 0 spiro atoms. The second-order valence-electron chi connectivity index (χ2n) is 5.46. The molecule has 0 saturated heterocycles. The fourth-order valence-corrected chi connectivity index (χ4v) is 2.65. The largest absolute Gasteiger partial charge is 0.545 e. The number of pyridine rings is 1. The third kappa shape index (κ3) is 3.02. The van der Waals surface area contributed by atoms with Gasteiger partial charge in [-0.05, 0) is 12.1 Å². The van der Waals surface area contributed by atoms with E-state index in [2.05, 4.69) is 9.97 Å². The van der Waals surface area contributed by atoms with Crippen LogP contribution in [0.25, 0.3) is 16.7 Å². The molecule has 2 aromatic heterocycles. The monoisotopic (exact) mass is 388 g/mol. The van der Waals surface area contributed by atoms with Crippen molar-refractivity contribution in [2.24, 2.45) is 0 Å². The number of fused-ring (bicyclic) bond motifs is 1. The van der Waals surface area contributed by atoms with E-state index in [1.54, 1.807) is 0 Å². The first kappa shape index (κ1) is 18.9. The Morgan fingerprint density at radius 2 is 1.75 bits per heavy atom. The molecule has 12 heteroatoms. The number of carboxylic acids is 1. The molecule has 0 atom stereocenters. The maximum Gasteiger partial charge on any atom is 0.267 e. The van der Waals surface area contributed by atoms with Crippen LogP contribution in [0, 0.1) is 0 Å². The second-order valence-corrected chi connectivity index (χ2v) is 5.46. The number of carboxylic acid groups (broad SMARTS) is 1. The highest BCUT2D eigenvalue weighted by atomic mass is 16.8. The number of nitrogens with zero attached hydrogens (tertiary/aromatic N) is 4. The van der Waals surface area contributed by atoms with Gasteiger partial charge in [-0.1, -0.05) is 6.07 Å². The van der Waals surface area contributed by atoms with Crippen LogP contribution in [-0.4, -0.2) is 45.1 Å². The van der Waals surface area contributed by atoms with E-state index < -0.39 is 22.9 Å². The summed E-state index contributed by atoms with van der Waals surface area (Å²) >= 11 is 0. The predicted octanol–water partition coefficient (Wildman–Crippen LogP) is -0.672. The molecule has 3 aromatic rings. The van der Waals surface area contributed by atoms with E-state index >= 15 is 0 Å². The van der Waals surface area contributed by atoms with Crippen molar-refractivity contribution in [1.82, 2.24) is 14.5 Å². The van der Waals surface area contributed by atoms with Gasteiger partial charge in [0, 0.05) is 10.9 Å². The molecule has 0 bridgehead atoms. The van der Waals surface area contributed by atoms with Crippen molar-refractivity contribution < 1.29 is 29.8 Å². The number of rotatable bonds is 5. The number of nitrogen functional groups attached to an aromatic ring is 1. The fraction of sp³-hybridized carbons (Fsp3) is 0.125. The molecule has 0 aliphatic heterocycles. The lowest BCUT2D eigenvalue weighted by molar-refractivity contribution is -0.254. The topological polar surface area (TPSA) is 176 Å². The van der Waals surface area contributed by atoms with Crippen molar-refractivity contribution in [3.63, 3.8) is 0 Å². The van der Waals surface area contributed by atoms with Gasteiger partial charge in [-0.15, -0.1) is 5.23 Å². The van der Waals surface area contributed by atoms with E-state index in [-0.39, 0.29) is 39.4 Å². The Balaban J connectivity index is 2.46. The highest BCUT2D eigenvalue weighted by molar-refractivity contribution is 6.07. The number of hydrogen-bond donors (Lipinski definition) is 3. The number of benzene rings is 1. The van der Waals surface area contributed by atoms with Gasteiger partial charge in [0.05, 0.1) is 37.3 Å². The van der Waals surface area contributed by atoms with Crippen LogP contribution < -0.4 is 31.1 Å². The standard InChI is InChI=1S/C16H15N5O7/c1-27-10-6-11(28-2)19-16(18-10)20-13(17)12(15(23)24)8-4-3-7(21(25)26)5-9(8)14(20)22/h3-6,25-26H,17H2,1-2H3,(H,23,24)/p-1. The van der Waals surface area contributed by atoms with Crippen molar-refractivity contribution in [3.8, 4) is 17.7 Å². The Labute approximate surface area is 156 Å². The highest BCUT2D eigenvalue weighted by Gasteiger charge is 2.20. The van der Waals surface area contributed by atoms with E-state index in [1.807, 2.05) is 0 Å². The van der Waals surface area contributed by atoms with E-state index in [0.717, 1.165) is 10.6 Å². The van der Waals surface area contributed by atoms with E-state index in [1.165, 1.54) is 32.4 Å². The summed E-state index contributed by atoms with van der Waals surface area (Å²) in [5.41, 5.74) is 4.45. The zero-order valence-electron chi connectivity index (χ0n) is 14.6. The number of aromatic carboxylic acids is 1. The van der Waals surface area contributed by atoms with Gasteiger partial charge in [-0.25, -0.2) is 4.57 Å². The van der Waals surface area contributed by atoms with Crippen LogP contribution in [0.1, 0.15) is 10.4 Å². The zero-order valence-corrected chi connectivity index (χ0v) is 14.6. The van der Waals surface area contributed by atoms with Crippen LogP contribution in [0.2, 0.25) is 0 Å². The Kier molecular flexibility index (Phi) is 4.73. The number of methoxy groups -OCH3 is 2. The molecule has 0 saturated carbocycles. The summed E-state index contributed by atoms with van der Waals surface area (Å²) in [7, 11) is 2.65. The molecule has 0 aliphatic rings. The van der Waals surface area contributed by atoms with Crippen molar-refractivity contribution in [1.29, 1.82) is 0 Å². The summed E-state index contributed by atoms with van der Waals surface area (Å²) in [4.78, 5) is 32.7. The number of anilines is 2. The fourth-order valence-electron chi connectivity index (χ4n) is 2.65. The summed E-state index contributed by atoms with van der Waals surface area (Å²) < 4.78 is 10.8. The molecule has 1 aromatic carbocycles. The summed E-state index contributed by atoms with van der Waals surface area (Å²) in [5, 5.41) is 29.6. The third-order valence-electron chi connectivity index (χ3n) is 3.92. The molecular formula is C16H14N5O7-. The second kappa shape index (κ2) is 7.02. The van der Waals surface area contributed by atoms with Crippen LogP contribution in [0.3, 0.4) is 0 Å². The zero-order chi connectivity index (χ0) is 20.6. The molecule has 0 fully saturated rings. The van der Waals surface area contributed by atoms with Gasteiger partial charge in [0.2, 0.25) is 17.7 Å². The van der Waals surface area contributed by atoms with Crippen LogP contribution >= 0.6 is 0 Å². The van der Waals surface area contributed by atoms with Crippen LogP contribution in [0.5, 0.6) is 11.8 Å². The van der Waals surface area contributed by atoms with Crippen molar-refractivity contribution >= 4 is 28.2 Å². The maximum atomic E-state index is 13.0. The van der Waals surface area contributed by atoms with Crippen LogP contribution in [0.4, 0.5) is 11.5 Å². The SMILES string of the molecule is COc1cc(OC)nc(-n2c(N)c(C(=O)[O-])c3ccc(N(O)O)cc3c2=O)n1. The van der Waals surface area contributed by atoms with Gasteiger partial charge in [-0.3, -0.25) is 15.2 Å². The number of hydrogen-bond acceptors (Lipinski definition) is 11. The highest BCUT2D eigenvalue weighted by Crippen LogP contribution is 2.27. The first-order valence-electron chi connectivity index (χ1n) is 7.63. The van der Waals surface area contributed by atoms with Gasteiger partial charge in [0.25, 0.3) is 5.56 Å². The summed E-state index contributed by atoms with van der Waals surface area (Å²) in [6.45, 7) is 0. The van der Waals surface area contributed by atoms with Crippen LogP contribution in [-0.2, 0) is 0 Å². The van der Waals surface area contributed by atoms with E-state index in [4.69, 9.17) is 15.2 Å². The average Bonchev–Trinajstić information content (AvgIpc) is 2.67. The van der Waals surface area contributed by atoms with Gasteiger partial charge in [-0.2, -0.15) is 9.97 Å². The first-order valence-corrected chi connectivity index (χ1v) is 7.63. The maximum absolute atomic E-state index is 13.0. The van der Waals surface area contributed by atoms with Gasteiger partial charge >= 0.3 is 0 Å². The summed E-state index contributed by atoms with van der Waals surface area (Å²) in [5.74, 6) is -2.37. The molecule has 12 nitrogen and oxygen atoms in total. The molecule has 0 aliphatic carbocycles. The normalized spacial score (nSPS) is 10.7. The molecule has 4 N–H and O–H groups in total. The van der Waals surface area contributed by atoms with E-state index in [0.29, 0.717) is 0 Å². The Bertz CT molecular complexity index is 1120. The van der Waals surface area contributed by atoms with Gasteiger partial charge in [0.1, 0.15) is 5.82 Å². The van der Waals surface area contributed by atoms with Gasteiger partial charge < -0.3 is 25.1 Å². The molecule has 2 heterocycles. The minimum atomic E-state index is -1.65. The number of ether oxygens (including phenoxy) is 2. The Morgan fingerprint density at radius 1 is 1.14 bits per heavy atom. The Hall–Kier alpha value is -3.90. The average molecular weight is 388 g/mol. The van der Waals surface area contributed by atoms with E-state index in [9.17, 15) is 25.1 Å². The lowest BCUT2D eigenvalue weighted by atomic mass is 10.1. The predicted molar refractivity (Wildman–Crippen MR) is 93.0 cm³/mol. The third-order valence-corrected chi connectivity index (χ3v) is 3.92. The lowest BCUT2D eigenvalue weighted by Crippen LogP contribution is -2.31. The molecular weight excluding hydrogens is 374 g/mol. The number of carbonyl (C=O) groups is 1. The summed E-state index contributed by atoms with van der Waals surface area (Å²) in [6, 6.07) is 4.80. The smallest absolute Gasteiger partial charge is 0.267 e. The van der Waals surface area contributed by atoms with Crippen LogP contribution in [0.15, 0.2) is 29.1 Å². The van der Waals surface area contributed by atoms with Crippen molar-refractivity contribution in [2.45, 2.75) is 0 Å². The minimum absolute atomic E-state index is 0.0360. The molecule has 0 unspecified atom stereocenters. The summed E-state index contributed by atoms with van der Waals surface area (Å²) in [6.07, 6.45) is 0. The number of nitrogens with two attached hydrogens (primary N) is 1. The van der Waals surface area contributed by atoms with Crippen molar-refractivity contribution in [2.75, 3.05) is 25.2 Å². The lowest BCUT2D eigenvalue weighted by Gasteiger charge is -2.18. The molecule has 0 amide bonds. The first-order chi connectivity index (χ1) is 13.3. The number of aromatic nitrogens is 3. The molecule has 146 valence electrons. The molecule has 28 heavy (non-hydrogen) atoms. The van der Waals surface area contributed by atoms with Gasteiger partial charge in [0.15, 0.2) is 0 Å². The quantitative estimate of drug-likeness (QED) is 0.472. The van der Waals surface area contributed by atoms with Crippen molar-refractivity contribution in [3.05, 3.63) is 40.2 Å². The number of carbonyl (C=O) groups excluding carboxylic acids is 1.